The van der Waals surface area contributed by atoms with Gasteiger partial charge >= 0.3 is 5.97 Å². The summed E-state index contributed by atoms with van der Waals surface area (Å²) in [6.07, 6.45) is 3.74. The van der Waals surface area contributed by atoms with Crippen LogP contribution in [0, 0.1) is 11.3 Å². The van der Waals surface area contributed by atoms with Gasteiger partial charge in [-0.15, -0.1) is 11.8 Å². The Labute approximate surface area is 127 Å². The lowest BCUT2D eigenvalue weighted by Gasteiger charge is -2.11. The number of nitrogens with zero attached hydrogens (tertiary/aromatic N) is 3. The van der Waals surface area contributed by atoms with Gasteiger partial charge in [-0.1, -0.05) is 13.8 Å². The summed E-state index contributed by atoms with van der Waals surface area (Å²) in [5.41, 5.74) is 1.37. The summed E-state index contributed by atoms with van der Waals surface area (Å²) in [4.78, 5) is 11.8. The van der Waals surface area contributed by atoms with E-state index in [9.17, 15) is 10.1 Å². The van der Waals surface area contributed by atoms with Crippen molar-refractivity contribution in [2.75, 3.05) is 0 Å². The minimum atomic E-state index is -1.02. The third-order valence-corrected chi connectivity index (χ3v) is 4.43. The van der Waals surface area contributed by atoms with E-state index < -0.39 is 5.97 Å². The lowest BCUT2D eigenvalue weighted by Crippen LogP contribution is -1.98. The first-order valence-corrected chi connectivity index (χ1v) is 7.42. The fourth-order valence-corrected chi connectivity index (χ4v) is 2.70. The normalized spacial score (nSPS) is 11.9. The highest BCUT2D eigenvalue weighted by atomic mass is 32.2. The average molecular weight is 301 g/mol. The molecule has 6 heteroatoms. The van der Waals surface area contributed by atoms with Crippen LogP contribution >= 0.6 is 11.8 Å². The van der Waals surface area contributed by atoms with Crippen molar-refractivity contribution in [3.05, 3.63) is 41.7 Å². The number of thioether (sulfide) groups is 1. The van der Waals surface area contributed by atoms with Gasteiger partial charge in [0, 0.05) is 16.3 Å². The molecule has 1 atom stereocenters. The number of nitriles is 1. The van der Waals surface area contributed by atoms with Gasteiger partial charge in [0.15, 0.2) is 0 Å². The smallest absolute Gasteiger partial charge is 0.338 e. The highest BCUT2D eigenvalue weighted by Crippen LogP contribution is 2.29. The molecular weight excluding hydrogens is 286 g/mol. The van der Waals surface area contributed by atoms with Crippen LogP contribution in [0.4, 0.5) is 0 Å². The maximum absolute atomic E-state index is 10.9. The van der Waals surface area contributed by atoms with E-state index in [4.69, 9.17) is 5.11 Å². The van der Waals surface area contributed by atoms with E-state index in [0.29, 0.717) is 16.5 Å². The summed E-state index contributed by atoms with van der Waals surface area (Å²) in [5.74, 6) is -1.02. The van der Waals surface area contributed by atoms with Gasteiger partial charge in [-0.25, -0.2) is 9.48 Å². The Morgan fingerprint density at radius 3 is 2.90 bits per heavy atom. The van der Waals surface area contributed by atoms with Crippen LogP contribution in [0.25, 0.3) is 5.69 Å². The number of carbonyl (C=O) groups is 1. The van der Waals surface area contributed by atoms with Gasteiger partial charge < -0.3 is 5.11 Å². The van der Waals surface area contributed by atoms with Crippen molar-refractivity contribution in [3.63, 3.8) is 0 Å². The fourth-order valence-electron chi connectivity index (χ4n) is 1.73. The quantitative estimate of drug-likeness (QED) is 0.857. The van der Waals surface area contributed by atoms with Crippen LogP contribution in [0.3, 0.4) is 0 Å². The number of aromatic nitrogens is 2. The molecular formula is C15H15N3O2S. The molecule has 2 rings (SSSR count). The molecule has 0 bridgehead atoms. The molecule has 108 valence electrons. The second-order valence-corrected chi connectivity index (χ2v) is 6.09. The molecule has 5 nitrogen and oxygen atoms in total. The van der Waals surface area contributed by atoms with Crippen molar-refractivity contribution in [2.24, 2.45) is 0 Å². The first-order valence-electron chi connectivity index (χ1n) is 6.54. The van der Waals surface area contributed by atoms with Crippen LogP contribution in [0.15, 0.2) is 35.5 Å². The lowest BCUT2D eigenvalue weighted by molar-refractivity contribution is 0.0697. The number of hydrogen-bond donors (Lipinski definition) is 1. The molecule has 1 unspecified atom stereocenters. The molecule has 0 radical (unpaired) electrons. The van der Waals surface area contributed by atoms with Crippen LogP contribution in [-0.4, -0.2) is 26.1 Å². The molecule has 0 aliphatic carbocycles. The molecule has 2 aromatic rings. The summed E-state index contributed by atoms with van der Waals surface area (Å²) in [5, 5.41) is 22.6. The predicted octanol–water partition coefficient (Wildman–Crippen LogP) is 3.33. The van der Waals surface area contributed by atoms with Gasteiger partial charge in [0.25, 0.3) is 0 Å². The maximum Gasteiger partial charge on any atom is 0.338 e. The van der Waals surface area contributed by atoms with E-state index in [1.54, 1.807) is 17.8 Å². The molecule has 0 fully saturated rings. The summed E-state index contributed by atoms with van der Waals surface area (Å²) in [6, 6.07) is 7.63. The molecule has 0 saturated heterocycles. The van der Waals surface area contributed by atoms with Gasteiger partial charge in [0.2, 0.25) is 0 Å². The Kier molecular flexibility index (Phi) is 4.66. The van der Waals surface area contributed by atoms with Crippen LogP contribution < -0.4 is 0 Å². The number of carboxylic acids is 1. The maximum atomic E-state index is 10.9. The topological polar surface area (TPSA) is 78.9 Å². The Balaban J connectivity index is 2.34. The predicted molar refractivity (Wildman–Crippen MR) is 80.8 cm³/mol. The molecule has 0 spiro atoms. The first-order chi connectivity index (χ1) is 10.0. The van der Waals surface area contributed by atoms with Crippen molar-refractivity contribution in [2.45, 2.75) is 30.4 Å². The zero-order valence-corrected chi connectivity index (χ0v) is 12.6. The zero-order valence-electron chi connectivity index (χ0n) is 11.8. The van der Waals surface area contributed by atoms with Crippen LogP contribution in [0.5, 0.6) is 0 Å². The number of hydrogen-bond acceptors (Lipinski definition) is 4. The summed E-state index contributed by atoms with van der Waals surface area (Å²) >= 11 is 1.66. The molecule has 21 heavy (non-hydrogen) atoms. The Morgan fingerprint density at radius 2 is 2.33 bits per heavy atom. The SMILES string of the molecule is CCC(C)Sc1ccc(-n2cc(C(=O)O)cn2)cc1C#N. The van der Waals surface area contributed by atoms with Crippen LogP contribution in [0.1, 0.15) is 36.2 Å². The zero-order chi connectivity index (χ0) is 15.4. The van der Waals surface area contributed by atoms with E-state index >= 15 is 0 Å². The van der Waals surface area contributed by atoms with Gasteiger partial charge in [0.1, 0.15) is 6.07 Å². The van der Waals surface area contributed by atoms with Crippen molar-refractivity contribution < 1.29 is 9.90 Å². The largest absolute Gasteiger partial charge is 0.478 e. The molecule has 0 aliphatic heterocycles. The number of aromatic carboxylic acids is 1. The lowest BCUT2D eigenvalue weighted by atomic mass is 10.2. The molecule has 0 saturated carbocycles. The summed E-state index contributed by atoms with van der Waals surface area (Å²) in [6.45, 7) is 4.22. The van der Waals surface area contributed by atoms with Crippen molar-refractivity contribution in [1.82, 2.24) is 9.78 Å². The van der Waals surface area contributed by atoms with Crippen molar-refractivity contribution >= 4 is 17.7 Å². The standard InChI is InChI=1S/C15H15N3O2S/c1-3-10(2)21-14-5-4-13(6-11(14)7-16)18-9-12(8-17-18)15(19)20/h4-6,8-10H,3H2,1-2H3,(H,19,20). The Morgan fingerprint density at radius 1 is 1.57 bits per heavy atom. The average Bonchev–Trinajstić information content (AvgIpc) is 2.97. The first kappa shape index (κ1) is 15.1. The molecule has 1 N–H and O–H groups in total. The van der Waals surface area contributed by atoms with Gasteiger partial charge in [-0.3, -0.25) is 0 Å². The third kappa shape index (κ3) is 3.44. The number of carboxylic acid groups (broad SMARTS) is 1. The molecule has 1 aromatic heterocycles. The van der Waals surface area contributed by atoms with Crippen LogP contribution in [-0.2, 0) is 0 Å². The highest BCUT2D eigenvalue weighted by Gasteiger charge is 2.11. The minimum Gasteiger partial charge on any atom is -0.478 e. The van der Waals surface area contributed by atoms with Crippen molar-refractivity contribution in [3.8, 4) is 11.8 Å². The third-order valence-electron chi connectivity index (χ3n) is 3.08. The number of benzene rings is 1. The molecule has 0 amide bonds. The Bertz CT molecular complexity index is 703. The van der Waals surface area contributed by atoms with Gasteiger partial charge in [0.05, 0.1) is 23.0 Å². The molecule has 1 aromatic carbocycles. The molecule has 0 aliphatic rings. The second kappa shape index (κ2) is 6.46. The van der Waals surface area contributed by atoms with Crippen LogP contribution in [0.2, 0.25) is 0 Å². The van der Waals surface area contributed by atoms with Gasteiger partial charge in [-0.2, -0.15) is 10.4 Å². The monoisotopic (exact) mass is 301 g/mol. The van der Waals surface area contributed by atoms with E-state index in [1.807, 2.05) is 12.1 Å². The summed E-state index contributed by atoms with van der Waals surface area (Å²) < 4.78 is 1.46. The Hall–Kier alpha value is -2.26. The number of rotatable bonds is 5. The summed E-state index contributed by atoms with van der Waals surface area (Å²) in [7, 11) is 0. The fraction of sp³-hybridized carbons (Fsp3) is 0.267. The van der Waals surface area contributed by atoms with E-state index in [1.165, 1.54) is 17.1 Å². The van der Waals surface area contributed by atoms with Gasteiger partial charge in [-0.05, 0) is 24.6 Å². The minimum absolute atomic E-state index is 0.117. The van der Waals surface area contributed by atoms with E-state index in [2.05, 4.69) is 25.0 Å². The van der Waals surface area contributed by atoms with Crippen molar-refractivity contribution in [1.29, 1.82) is 5.26 Å². The second-order valence-electron chi connectivity index (χ2n) is 4.61. The highest BCUT2D eigenvalue weighted by molar-refractivity contribution is 8.00. The molecule has 1 heterocycles. The van der Waals surface area contributed by atoms with E-state index in [0.717, 1.165) is 11.3 Å². The van der Waals surface area contributed by atoms with E-state index in [-0.39, 0.29) is 5.56 Å².